The summed E-state index contributed by atoms with van der Waals surface area (Å²) in [5.41, 5.74) is 0. The molecule has 1 aliphatic heterocycles. The quantitative estimate of drug-likeness (QED) is 0.795. The predicted molar refractivity (Wildman–Crippen MR) is 84.3 cm³/mol. The van der Waals surface area contributed by atoms with Gasteiger partial charge in [-0.25, -0.2) is 4.79 Å². The highest BCUT2D eigenvalue weighted by Gasteiger charge is 2.21. The standard InChI is InChI=1S/C15H23N3OS/c1-16(2)15(19)18-10-8-17(9-11-18)12-13-20-14-6-4-3-5-7-14/h3-7H,8-13H2,1-2H3. The molecule has 1 aromatic rings. The summed E-state index contributed by atoms with van der Waals surface area (Å²) in [7, 11) is 3.62. The number of benzene rings is 1. The average molecular weight is 293 g/mol. The molecule has 0 spiro atoms. The second-order valence-corrected chi connectivity index (χ2v) is 6.34. The first-order valence-corrected chi connectivity index (χ1v) is 8.02. The molecule has 2 rings (SSSR count). The molecule has 1 saturated heterocycles. The third kappa shape index (κ3) is 4.42. The van der Waals surface area contributed by atoms with Crippen molar-refractivity contribution in [3.8, 4) is 0 Å². The highest BCUT2D eigenvalue weighted by molar-refractivity contribution is 7.99. The second kappa shape index (κ2) is 7.55. The topological polar surface area (TPSA) is 26.8 Å². The fourth-order valence-electron chi connectivity index (χ4n) is 2.25. The number of thioether (sulfide) groups is 1. The van der Waals surface area contributed by atoms with Gasteiger partial charge in [-0.1, -0.05) is 18.2 Å². The Kier molecular flexibility index (Phi) is 5.73. The Labute approximate surface area is 125 Å². The van der Waals surface area contributed by atoms with Crippen LogP contribution >= 0.6 is 11.8 Å². The highest BCUT2D eigenvalue weighted by Crippen LogP contribution is 2.17. The Morgan fingerprint density at radius 2 is 1.80 bits per heavy atom. The van der Waals surface area contributed by atoms with Crippen molar-refractivity contribution in [3.05, 3.63) is 30.3 Å². The number of hydrogen-bond acceptors (Lipinski definition) is 3. The molecule has 5 heteroatoms. The molecule has 0 saturated carbocycles. The zero-order valence-electron chi connectivity index (χ0n) is 12.3. The molecule has 1 aromatic carbocycles. The van der Waals surface area contributed by atoms with Gasteiger partial charge in [0.15, 0.2) is 0 Å². The van der Waals surface area contributed by atoms with Crippen molar-refractivity contribution in [3.63, 3.8) is 0 Å². The van der Waals surface area contributed by atoms with Crippen molar-refractivity contribution < 1.29 is 4.79 Å². The molecule has 0 aromatic heterocycles. The van der Waals surface area contributed by atoms with Gasteiger partial charge in [0.25, 0.3) is 0 Å². The molecule has 0 atom stereocenters. The van der Waals surface area contributed by atoms with E-state index in [4.69, 9.17) is 0 Å². The van der Waals surface area contributed by atoms with E-state index >= 15 is 0 Å². The van der Waals surface area contributed by atoms with Crippen LogP contribution in [0.15, 0.2) is 35.2 Å². The monoisotopic (exact) mass is 293 g/mol. The Morgan fingerprint density at radius 1 is 1.15 bits per heavy atom. The van der Waals surface area contributed by atoms with E-state index in [2.05, 4.69) is 29.2 Å². The number of carbonyl (C=O) groups is 1. The first kappa shape index (κ1) is 15.2. The van der Waals surface area contributed by atoms with E-state index in [1.165, 1.54) is 4.90 Å². The maximum atomic E-state index is 11.8. The fourth-order valence-corrected chi connectivity index (χ4v) is 3.19. The Balaban J connectivity index is 1.66. The summed E-state index contributed by atoms with van der Waals surface area (Å²) in [6, 6.07) is 10.6. The molecule has 0 radical (unpaired) electrons. The van der Waals surface area contributed by atoms with E-state index in [1.807, 2.05) is 36.8 Å². The lowest BCUT2D eigenvalue weighted by Crippen LogP contribution is -2.51. The zero-order chi connectivity index (χ0) is 14.4. The van der Waals surface area contributed by atoms with E-state index in [-0.39, 0.29) is 6.03 Å². The van der Waals surface area contributed by atoms with Gasteiger partial charge in [0.1, 0.15) is 0 Å². The first-order chi connectivity index (χ1) is 9.66. The third-order valence-electron chi connectivity index (χ3n) is 3.44. The number of nitrogens with zero attached hydrogens (tertiary/aromatic N) is 3. The smallest absolute Gasteiger partial charge is 0.319 e. The molecule has 1 aliphatic rings. The summed E-state index contributed by atoms with van der Waals surface area (Å²) in [5.74, 6) is 1.10. The highest BCUT2D eigenvalue weighted by atomic mass is 32.2. The number of piperazine rings is 1. The van der Waals surface area contributed by atoms with Crippen LogP contribution < -0.4 is 0 Å². The molecule has 110 valence electrons. The van der Waals surface area contributed by atoms with Crippen LogP contribution in [0.1, 0.15) is 0 Å². The maximum Gasteiger partial charge on any atom is 0.319 e. The summed E-state index contributed by atoms with van der Waals surface area (Å²) in [5, 5.41) is 0. The maximum absolute atomic E-state index is 11.8. The van der Waals surface area contributed by atoms with Crippen molar-refractivity contribution in [1.29, 1.82) is 0 Å². The van der Waals surface area contributed by atoms with Crippen LogP contribution in [-0.2, 0) is 0 Å². The van der Waals surface area contributed by atoms with Crippen molar-refractivity contribution in [1.82, 2.24) is 14.7 Å². The summed E-state index contributed by atoms with van der Waals surface area (Å²) in [6.07, 6.45) is 0. The molecule has 4 nitrogen and oxygen atoms in total. The van der Waals surface area contributed by atoms with Crippen LogP contribution in [0.5, 0.6) is 0 Å². The number of hydrogen-bond donors (Lipinski definition) is 0. The van der Waals surface area contributed by atoms with Gasteiger partial charge in [-0.05, 0) is 12.1 Å². The van der Waals surface area contributed by atoms with E-state index in [9.17, 15) is 4.79 Å². The van der Waals surface area contributed by atoms with Crippen LogP contribution in [0.2, 0.25) is 0 Å². The summed E-state index contributed by atoms with van der Waals surface area (Å²) in [4.78, 5) is 19.2. The van der Waals surface area contributed by atoms with Crippen LogP contribution in [0, 0.1) is 0 Å². The van der Waals surface area contributed by atoms with Gasteiger partial charge < -0.3 is 9.80 Å². The van der Waals surface area contributed by atoms with Crippen molar-refractivity contribution >= 4 is 17.8 Å². The molecule has 2 amide bonds. The number of carbonyl (C=O) groups excluding carboxylic acids is 1. The molecule has 1 fully saturated rings. The lowest BCUT2D eigenvalue weighted by Gasteiger charge is -2.35. The summed E-state index contributed by atoms with van der Waals surface area (Å²) in [6.45, 7) is 4.73. The van der Waals surface area contributed by atoms with E-state index in [0.29, 0.717) is 0 Å². The molecule has 20 heavy (non-hydrogen) atoms. The minimum atomic E-state index is 0.128. The van der Waals surface area contributed by atoms with Gasteiger partial charge >= 0.3 is 6.03 Å². The van der Waals surface area contributed by atoms with E-state index in [1.54, 1.807) is 4.90 Å². The predicted octanol–water partition coefficient (Wildman–Crippen LogP) is 2.08. The molecule has 0 unspecified atom stereocenters. The Bertz CT molecular complexity index is 416. The number of amides is 2. The van der Waals surface area contributed by atoms with Crippen LogP contribution in [-0.4, -0.2) is 73.3 Å². The van der Waals surface area contributed by atoms with Gasteiger partial charge in [-0.2, -0.15) is 0 Å². The van der Waals surface area contributed by atoms with Gasteiger partial charge in [0.2, 0.25) is 0 Å². The van der Waals surface area contributed by atoms with Crippen molar-refractivity contribution in [2.75, 3.05) is 52.6 Å². The molecule has 0 aliphatic carbocycles. The second-order valence-electron chi connectivity index (χ2n) is 5.17. The van der Waals surface area contributed by atoms with Crippen LogP contribution in [0.25, 0.3) is 0 Å². The lowest BCUT2D eigenvalue weighted by molar-refractivity contribution is 0.126. The van der Waals surface area contributed by atoms with Crippen molar-refractivity contribution in [2.45, 2.75) is 4.90 Å². The summed E-state index contributed by atoms with van der Waals surface area (Å²) >= 11 is 1.90. The minimum absolute atomic E-state index is 0.128. The van der Waals surface area contributed by atoms with Gasteiger partial charge in [-0.3, -0.25) is 4.90 Å². The Hall–Kier alpha value is -1.20. The summed E-state index contributed by atoms with van der Waals surface area (Å²) < 4.78 is 0. The van der Waals surface area contributed by atoms with Crippen LogP contribution in [0.4, 0.5) is 4.79 Å². The lowest BCUT2D eigenvalue weighted by atomic mass is 10.3. The number of rotatable bonds is 4. The van der Waals surface area contributed by atoms with Gasteiger partial charge in [0, 0.05) is 57.5 Å². The van der Waals surface area contributed by atoms with E-state index in [0.717, 1.165) is 38.5 Å². The average Bonchev–Trinajstić information content (AvgIpc) is 2.48. The van der Waals surface area contributed by atoms with Crippen molar-refractivity contribution in [2.24, 2.45) is 0 Å². The first-order valence-electron chi connectivity index (χ1n) is 7.03. The van der Waals surface area contributed by atoms with Crippen LogP contribution in [0.3, 0.4) is 0 Å². The molecule has 0 bridgehead atoms. The Morgan fingerprint density at radius 3 is 2.40 bits per heavy atom. The zero-order valence-corrected chi connectivity index (χ0v) is 13.1. The molecular weight excluding hydrogens is 270 g/mol. The third-order valence-corrected chi connectivity index (χ3v) is 4.44. The molecule has 1 heterocycles. The largest absolute Gasteiger partial charge is 0.331 e. The molecule has 0 N–H and O–H groups in total. The minimum Gasteiger partial charge on any atom is -0.331 e. The van der Waals surface area contributed by atoms with Gasteiger partial charge in [0.05, 0.1) is 0 Å². The molecular formula is C15H23N3OS. The van der Waals surface area contributed by atoms with Gasteiger partial charge in [-0.15, -0.1) is 11.8 Å². The van der Waals surface area contributed by atoms with E-state index < -0.39 is 0 Å². The normalized spacial score (nSPS) is 16.2. The fraction of sp³-hybridized carbons (Fsp3) is 0.533. The SMILES string of the molecule is CN(C)C(=O)N1CCN(CCSc2ccccc2)CC1. The number of urea groups is 1.